The Hall–Kier alpha value is -4.24. The summed E-state index contributed by atoms with van der Waals surface area (Å²) < 4.78 is 39.3. The van der Waals surface area contributed by atoms with Gasteiger partial charge < -0.3 is 41.4 Å². The van der Waals surface area contributed by atoms with Crippen molar-refractivity contribution >= 4 is 57.8 Å². The minimum absolute atomic E-state index is 0.0582. The summed E-state index contributed by atoms with van der Waals surface area (Å²) in [6.07, 6.45) is 0.202. The molecule has 2 bridgehead atoms. The second-order valence-corrected chi connectivity index (χ2v) is 13.6. The highest BCUT2D eigenvalue weighted by atomic mass is 32.1. The van der Waals surface area contributed by atoms with E-state index in [1.165, 1.54) is 24.3 Å². The minimum Gasteiger partial charge on any atom is -0.361 e. The largest absolute Gasteiger partial charge is 0.361 e. The highest BCUT2D eigenvalue weighted by molar-refractivity contribution is 7.80. The summed E-state index contributed by atoms with van der Waals surface area (Å²) in [5.41, 5.74) is 3.34. The molecule has 0 spiro atoms. The maximum atomic E-state index is 13.9. The third kappa shape index (κ3) is 8.73. The number of ether oxygens (including phenoxy) is 2. The number of carbonyl (C=O) groups is 2. The van der Waals surface area contributed by atoms with Crippen molar-refractivity contribution < 1.29 is 27.8 Å². The van der Waals surface area contributed by atoms with E-state index < -0.39 is 18.1 Å². The highest BCUT2D eigenvalue weighted by Gasteiger charge is 2.60. The minimum atomic E-state index is -0.617. The number of hydrogen-bond donors (Lipinski definition) is 6. The van der Waals surface area contributed by atoms with Gasteiger partial charge in [-0.2, -0.15) is 0 Å². The molecular formula is C36H40F2N6O4S2. The predicted octanol–water partition coefficient (Wildman–Crippen LogP) is 4.53. The third-order valence-electron chi connectivity index (χ3n) is 9.41. The van der Waals surface area contributed by atoms with Gasteiger partial charge in [-0.3, -0.25) is 9.59 Å². The monoisotopic (exact) mass is 722 g/mol. The molecule has 2 aliphatic carbocycles. The number of aryl methyl sites for hydroxylation is 1. The molecule has 50 heavy (non-hydrogen) atoms. The zero-order valence-corrected chi connectivity index (χ0v) is 29.1. The number of hydrogen-bond acceptors (Lipinski definition) is 6. The predicted molar refractivity (Wildman–Crippen MR) is 194 cm³/mol. The molecule has 1 saturated heterocycles. The van der Waals surface area contributed by atoms with Crippen LogP contribution in [0.2, 0.25) is 0 Å². The van der Waals surface area contributed by atoms with Gasteiger partial charge >= 0.3 is 0 Å². The van der Waals surface area contributed by atoms with Crippen LogP contribution in [0.1, 0.15) is 30.3 Å². The Bertz CT molecular complexity index is 1680. The number of fused-ring (bicyclic) bond motifs is 4. The summed E-state index contributed by atoms with van der Waals surface area (Å²) in [6.45, 7) is 3.27. The number of carbonyl (C=O) groups excluding carboxylic acids is 2. The van der Waals surface area contributed by atoms with Gasteiger partial charge in [0.15, 0.2) is 16.5 Å². The standard InChI is InChI=1S/C36H40F2N6O4S2/c1-20-2-4-21(5-3-20)34-47-28-19-22-18-27(31(28)48-34)30(33(46)40-15-17-42-36(50)44-26-12-8-24(38)9-13-26)29(22)32(45)39-14-16-41-35(49)43-25-10-6-23(37)7-11-25/h2-13,22,27-31,34H,14-19H2,1H3,(H,39,45)(H,40,46)(H2,41,43,49)(H2,42,44,50). The molecule has 7 unspecified atom stereocenters. The van der Waals surface area contributed by atoms with E-state index in [1.54, 1.807) is 24.3 Å². The molecule has 6 rings (SSSR count). The summed E-state index contributed by atoms with van der Waals surface area (Å²) >= 11 is 10.7. The summed E-state index contributed by atoms with van der Waals surface area (Å²) in [6, 6.07) is 19.7. The van der Waals surface area contributed by atoms with Crippen LogP contribution < -0.4 is 31.9 Å². The van der Waals surface area contributed by atoms with Crippen molar-refractivity contribution in [3.63, 3.8) is 0 Å². The van der Waals surface area contributed by atoms with Gasteiger partial charge in [-0.15, -0.1) is 0 Å². The van der Waals surface area contributed by atoms with Crippen LogP contribution in [-0.2, 0) is 19.1 Å². The number of halogens is 2. The van der Waals surface area contributed by atoms with Gasteiger partial charge in [-0.05, 0) is 98.6 Å². The fraction of sp³-hybridized carbons (Fsp3) is 0.389. The molecule has 3 fully saturated rings. The van der Waals surface area contributed by atoms with Gasteiger partial charge in [0.25, 0.3) is 0 Å². The average Bonchev–Trinajstić information content (AvgIpc) is 3.67. The first-order valence-corrected chi connectivity index (χ1v) is 17.5. The second-order valence-electron chi connectivity index (χ2n) is 12.8. The van der Waals surface area contributed by atoms with Gasteiger partial charge in [-0.1, -0.05) is 29.8 Å². The molecule has 10 nitrogen and oxygen atoms in total. The molecule has 3 aromatic rings. The fourth-order valence-electron chi connectivity index (χ4n) is 7.14. The van der Waals surface area contributed by atoms with Gasteiger partial charge in [-0.25, -0.2) is 8.78 Å². The number of amides is 2. The van der Waals surface area contributed by atoms with Gasteiger partial charge in [0.2, 0.25) is 11.8 Å². The van der Waals surface area contributed by atoms with Crippen molar-refractivity contribution in [2.24, 2.45) is 23.7 Å². The van der Waals surface area contributed by atoms with Gasteiger partial charge in [0.1, 0.15) is 11.6 Å². The zero-order valence-electron chi connectivity index (χ0n) is 27.4. The van der Waals surface area contributed by atoms with E-state index in [0.29, 0.717) is 47.5 Å². The first kappa shape index (κ1) is 35.6. The number of rotatable bonds is 11. The Balaban J connectivity index is 1.06. The lowest BCUT2D eigenvalue weighted by molar-refractivity contribution is -0.137. The maximum absolute atomic E-state index is 13.9. The van der Waals surface area contributed by atoms with E-state index in [1.807, 2.05) is 31.2 Å². The summed E-state index contributed by atoms with van der Waals surface area (Å²) in [4.78, 5) is 27.7. The first-order valence-electron chi connectivity index (χ1n) is 16.7. The first-order chi connectivity index (χ1) is 24.1. The number of anilines is 2. The van der Waals surface area contributed by atoms with Crippen LogP contribution in [0, 0.1) is 42.2 Å². The molecule has 1 aliphatic heterocycles. The van der Waals surface area contributed by atoms with E-state index >= 15 is 0 Å². The molecule has 3 aliphatic rings. The van der Waals surface area contributed by atoms with E-state index in [0.717, 1.165) is 11.1 Å². The Morgan fingerprint density at radius 2 is 1.18 bits per heavy atom. The average molecular weight is 723 g/mol. The Labute approximate surface area is 300 Å². The van der Waals surface area contributed by atoms with Crippen molar-refractivity contribution in [3.05, 3.63) is 95.6 Å². The lowest BCUT2D eigenvalue weighted by Gasteiger charge is -2.30. The molecule has 7 atom stereocenters. The van der Waals surface area contributed by atoms with Crippen LogP contribution in [0.4, 0.5) is 20.2 Å². The second kappa shape index (κ2) is 16.2. The van der Waals surface area contributed by atoms with Crippen molar-refractivity contribution in [3.8, 4) is 0 Å². The molecule has 0 aromatic heterocycles. The third-order valence-corrected chi connectivity index (χ3v) is 9.91. The molecule has 3 aromatic carbocycles. The summed E-state index contributed by atoms with van der Waals surface area (Å²) in [7, 11) is 0. The van der Waals surface area contributed by atoms with Crippen LogP contribution in [0.5, 0.6) is 0 Å². The molecule has 2 saturated carbocycles. The van der Waals surface area contributed by atoms with E-state index in [9.17, 15) is 18.4 Å². The van der Waals surface area contributed by atoms with E-state index in [2.05, 4.69) is 31.9 Å². The number of thiocarbonyl (C=S) groups is 2. The van der Waals surface area contributed by atoms with Crippen LogP contribution in [0.25, 0.3) is 0 Å². The Morgan fingerprint density at radius 1 is 0.680 bits per heavy atom. The normalized spacial score (nSPS) is 24.8. The number of nitrogens with one attached hydrogen (secondary N) is 6. The fourth-order valence-corrected chi connectivity index (χ4v) is 7.58. The molecule has 1 heterocycles. The van der Waals surface area contributed by atoms with Crippen LogP contribution in [0.15, 0.2) is 72.8 Å². The quantitative estimate of drug-likeness (QED) is 0.124. The van der Waals surface area contributed by atoms with Crippen molar-refractivity contribution in [1.29, 1.82) is 0 Å². The smallest absolute Gasteiger partial charge is 0.224 e. The Morgan fingerprint density at radius 3 is 1.72 bits per heavy atom. The van der Waals surface area contributed by atoms with Crippen molar-refractivity contribution in [2.45, 2.75) is 38.3 Å². The highest BCUT2D eigenvalue weighted by Crippen LogP contribution is 2.55. The van der Waals surface area contributed by atoms with Crippen molar-refractivity contribution in [2.75, 3.05) is 36.8 Å². The molecule has 0 radical (unpaired) electrons. The van der Waals surface area contributed by atoms with Crippen LogP contribution in [0.3, 0.4) is 0 Å². The van der Waals surface area contributed by atoms with Crippen LogP contribution in [-0.4, -0.2) is 60.4 Å². The molecule has 14 heteroatoms. The molecule has 6 N–H and O–H groups in total. The van der Waals surface area contributed by atoms with E-state index in [-0.39, 0.29) is 60.6 Å². The molecule has 264 valence electrons. The summed E-state index contributed by atoms with van der Waals surface area (Å²) in [5, 5.41) is 18.7. The lowest BCUT2D eigenvalue weighted by Crippen LogP contribution is -2.47. The zero-order chi connectivity index (χ0) is 35.2. The molecule has 2 amide bonds. The lowest BCUT2D eigenvalue weighted by atomic mass is 9.82. The maximum Gasteiger partial charge on any atom is 0.224 e. The van der Waals surface area contributed by atoms with Crippen molar-refractivity contribution in [1.82, 2.24) is 21.3 Å². The van der Waals surface area contributed by atoms with Gasteiger partial charge in [0, 0.05) is 49.0 Å². The van der Waals surface area contributed by atoms with Crippen LogP contribution >= 0.6 is 24.4 Å². The number of benzene rings is 3. The van der Waals surface area contributed by atoms with Gasteiger partial charge in [0.05, 0.1) is 24.0 Å². The molecular weight excluding hydrogens is 683 g/mol. The topological polar surface area (TPSA) is 125 Å². The van der Waals surface area contributed by atoms with E-state index in [4.69, 9.17) is 33.9 Å². The Kier molecular flexibility index (Phi) is 11.5. The summed E-state index contributed by atoms with van der Waals surface area (Å²) in [5.74, 6) is -2.55. The SMILES string of the molecule is Cc1ccc(C2OC3CC4CC(C3O2)C(C(=O)NCCNC(=S)Nc2ccc(F)cc2)C4C(=O)NCCNC(=S)Nc2ccc(F)cc2)cc1.